The van der Waals surface area contributed by atoms with Gasteiger partial charge in [-0.3, -0.25) is 4.98 Å². The molecule has 0 radical (unpaired) electrons. The molecule has 1 atom stereocenters. The molecule has 0 bridgehead atoms. The van der Waals surface area contributed by atoms with Crippen molar-refractivity contribution in [2.75, 3.05) is 7.11 Å². The number of aromatic nitrogens is 4. The summed E-state index contributed by atoms with van der Waals surface area (Å²) in [6.45, 7) is 4.00. The molecule has 0 saturated carbocycles. The smallest absolute Gasteiger partial charge is 0.128 e. The van der Waals surface area contributed by atoms with E-state index >= 15 is 0 Å². The van der Waals surface area contributed by atoms with Gasteiger partial charge in [0.1, 0.15) is 10.4 Å². The van der Waals surface area contributed by atoms with Gasteiger partial charge in [0.05, 0.1) is 37.8 Å². The lowest BCUT2D eigenvalue weighted by atomic mass is 10.0. The summed E-state index contributed by atoms with van der Waals surface area (Å²) in [5.74, 6) is 0.763. The fourth-order valence-corrected chi connectivity index (χ4v) is 3.34. The summed E-state index contributed by atoms with van der Waals surface area (Å²) >= 11 is 5.59. The minimum absolute atomic E-state index is 0.589. The second-order valence-corrected chi connectivity index (χ2v) is 7.28. The minimum atomic E-state index is 0.589. The third kappa shape index (κ3) is 4.52. The molecule has 126 valence electrons. The van der Waals surface area contributed by atoms with Gasteiger partial charge in [0.25, 0.3) is 0 Å². The van der Waals surface area contributed by atoms with Gasteiger partial charge in [-0.1, -0.05) is 19.9 Å². The van der Waals surface area contributed by atoms with Crippen molar-refractivity contribution >= 4 is 44.3 Å². The quantitative estimate of drug-likeness (QED) is 0.333. The van der Waals surface area contributed by atoms with E-state index in [1.165, 1.54) is 0 Å². The molecule has 0 amide bonds. The fourth-order valence-electron chi connectivity index (χ4n) is 2.05. The van der Waals surface area contributed by atoms with Gasteiger partial charge in [-0.05, 0) is 55.7 Å². The van der Waals surface area contributed by atoms with Crippen molar-refractivity contribution in [3.8, 4) is 28.1 Å². The molecule has 0 fully saturated rings. The van der Waals surface area contributed by atoms with Crippen molar-refractivity contribution < 1.29 is 4.74 Å². The Morgan fingerprint density at radius 3 is 2.50 bits per heavy atom. The molecule has 0 saturated heterocycles. The molecule has 0 aliphatic rings. The largest absolute Gasteiger partial charge is 0.496 e. The molecule has 8 heteroatoms. The topological polar surface area (TPSA) is 52.8 Å². The molecule has 0 aliphatic heterocycles. The molecule has 2 heterocycles. The van der Waals surface area contributed by atoms with Crippen LogP contribution in [0.2, 0.25) is 0 Å². The van der Waals surface area contributed by atoms with Crippen LogP contribution in [-0.4, -0.2) is 26.6 Å². The van der Waals surface area contributed by atoms with Crippen LogP contribution in [0.5, 0.6) is 5.75 Å². The Labute approximate surface area is 164 Å². The van der Waals surface area contributed by atoms with Crippen molar-refractivity contribution in [3.63, 3.8) is 0 Å². The van der Waals surface area contributed by atoms with Crippen LogP contribution in [0.25, 0.3) is 22.4 Å². The summed E-state index contributed by atoms with van der Waals surface area (Å²) in [6.07, 6.45) is 7.87. The van der Waals surface area contributed by atoms with E-state index in [9.17, 15) is 0 Å². The van der Waals surface area contributed by atoms with Gasteiger partial charge < -0.3 is 4.74 Å². The normalized spacial score (nSPS) is 10.5. The summed E-state index contributed by atoms with van der Waals surface area (Å²) in [4.78, 5) is 8.58. The number of hydrogen-bond acceptors (Lipinski definition) is 4. The Hall–Kier alpha value is -1.05. The lowest BCUT2D eigenvalue weighted by Crippen LogP contribution is -1.92. The van der Waals surface area contributed by atoms with E-state index in [1.807, 2.05) is 48.9 Å². The molecule has 5 nitrogen and oxygen atoms in total. The van der Waals surface area contributed by atoms with E-state index in [0.29, 0.717) is 11.0 Å². The van der Waals surface area contributed by atoms with Crippen LogP contribution < -0.4 is 4.74 Å². The maximum Gasteiger partial charge on any atom is 0.128 e. The van der Waals surface area contributed by atoms with E-state index in [2.05, 4.69) is 53.0 Å². The summed E-state index contributed by atoms with van der Waals surface area (Å²) in [6, 6.07) is 6.03. The average Bonchev–Trinajstić information content (AvgIpc) is 3.13. The monoisotopic (exact) mass is 518 g/mol. The first-order valence-corrected chi connectivity index (χ1v) is 12.1. The first-order chi connectivity index (χ1) is 11.7. The highest BCUT2D eigenvalue weighted by molar-refractivity contribution is 14.2. The molecular formula is C16H17BrIN4OP. The average molecular weight is 519 g/mol. The first kappa shape index (κ1) is 19.3. The Balaban J connectivity index is 0.00000100. The molecule has 1 aromatic carbocycles. The van der Waals surface area contributed by atoms with Crippen LogP contribution in [0.1, 0.15) is 13.8 Å². The Bertz CT molecular complexity index is 795. The molecule has 1 unspecified atom stereocenters. The SMILES string of the molecule is CC.COc1cc(-c2cnn(PI)c2)ccc1-c1cnc(Br)cn1. The summed E-state index contributed by atoms with van der Waals surface area (Å²) in [5.41, 5.74) is 3.81. The van der Waals surface area contributed by atoms with Crippen molar-refractivity contribution in [2.24, 2.45) is 0 Å². The lowest BCUT2D eigenvalue weighted by molar-refractivity contribution is 0.416. The van der Waals surface area contributed by atoms with Crippen LogP contribution in [0.15, 0.2) is 47.6 Å². The fraction of sp³-hybridized carbons (Fsp3) is 0.188. The maximum absolute atomic E-state index is 5.52. The molecule has 2 aromatic heterocycles. The standard InChI is InChI=1S/C14H11BrIN4OP.C2H6/c1-21-13-4-9(10-5-19-20(8-10)22-16)2-3-11(13)12-6-18-14(15)7-17-12;1-2/h2-8,22H,1H3;1-2H3. The van der Waals surface area contributed by atoms with E-state index in [0.717, 1.165) is 28.1 Å². The summed E-state index contributed by atoms with van der Waals surface area (Å²) in [5, 5.41) is 4.31. The van der Waals surface area contributed by atoms with Gasteiger partial charge in [0, 0.05) is 17.3 Å². The van der Waals surface area contributed by atoms with Gasteiger partial charge in [-0.2, -0.15) is 5.10 Å². The number of methoxy groups -OCH3 is 1. The van der Waals surface area contributed by atoms with Crippen LogP contribution in [0.3, 0.4) is 0 Å². The van der Waals surface area contributed by atoms with Crippen molar-refractivity contribution in [2.45, 2.75) is 13.8 Å². The third-order valence-corrected chi connectivity index (χ3v) is 5.41. The van der Waals surface area contributed by atoms with Crippen LogP contribution >= 0.6 is 44.3 Å². The number of ether oxygens (including phenoxy) is 1. The van der Waals surface area contributed by atoms with Gasteiger partial charge in [0.15, 0.2) is 0 Å². The van der Waals surface area contributed by atoms with Gasteiger partial charge in [0.2, 0.25) is 0 Å². The lowest BCUT2D eigenvalue weighted by Gasteiger charge is -2.09. The molecule has 3 aromatic rings. The Morgan fingerprint density at radius 1 is 1.12 bits per heavy atom. The zero-order chi connectivity index (χ0) is 17.5. The second kappa shape index (κ2) is 9.44. The summed E-state index contributed by atoms with van der Waals surface area (Å²) < 4.78 is 8.14. The van der Waals surface area contributed by atoms with E-state index in [1.54, 1.807) is 19.5 Å². The van der Waals surface area contributed by atoms with E-state index in [4.69, 9.17) is 4.74 Å². The molecule has 3 rings (SSSR count). The van der Waals surface area contributed by atoms with Gasteiger partial charge >= 0.3 is 0 Å². The second-order valence-electron chi connectivity index (χ2n) is 4.40. The van der Waals surface area contributed by atoms with Crippen LogP contribution in [-0.2, 0) is 0 Å². The van der Waals surface area contributed by atoms with Crippen LogP contribution in [0, 0.1) is 0 Å². The minimum Gasteiger partial charge on any atom is -0.496 e. The Kier molecular flexibility index (Phi) is 7.58. The summed E-state index contributed by atoms with van der Waals surface area (Å²) in [7, 11) is 1.66. The van der Waals surface area contributed by atoms with Crippen molar-refractivity contribution in [3.05, 3.63) is 47.6 Å². The molecular weight excluding hydrogens is 502 g/mol. The first-order valence-electron chi connectivity index (χ1n) is 7.29. The zero-order valence-corrected chi connectivity index (χ0v) is 18.2. The third-order valence-electron chi connectivity index (χ3n) is 3.10. The van der Waals surface area contributed by atoms with Gasteiger partial charge in [-0.25, -0.2) is 9.44 Å². The molecule has 0 spiro atoms. The molecule has 0 N–H and O–H groups in total. The number of halogens is 2. The Morgan fingerprint density at radius 2 is 1.92 bits per heavy atom. The van der Waals surface area contributed by atoms with E-state index < -0.39 is 0 Å². The predicted octanol–water partition coefficient (Wildman–Crippen LogP) is 5.60. The van der Waals surface area contributed by atoms with Crippen LogP contribution in [0.4, 0.5) is 0 Å². The number of nitrogens with zero attached hydrogens (tertiary/aromatic N) is 4. The highest BCUT2D eigenvalue weighted by Gasteiger charge is 2.10. The van der Waals surface area contributed by atoms with E-state index in [-0.39, 0.29) is 0 Å². The predicted molar refractivity (Wildman–Crippen MR) is 112 cm³/mol. The molecule has 0 aliphatic carbocycles. The highest BCUT2D eigenvalue weighted by atomic mass is 127. The maximum atomic E-state index is 5.52. The number of hydrogen-bond donors (Lipinski definition) is 0. The zero-order valence-electron chi connectivity index (χ0n) is 13.5. The number of benzene rings is 1. The number of rotatable bonds is 4. The highest BCUT2D eigenvalue weighted by Crippen LogP contribution is 2.34. The van der Waals surface area contributed by atoms with Crippen molar-refractivity contribution in [1.82, 2.24) is 19.5 Å². The van der Waals surface area contributed by atoms with Crippen molar-refractivity contribution in [1.29, 1.82) is 0 Å². The molecule has 24 heavy (non-hydrogen) atoms. The van der Waals surface area contributed by atoms with Gasteiger partial charge in [-0.15, -0.1) is 0 Å².